The van der Waals surface area contributed by atoms with E-state index in [1.807, 2.05) is 12.1 Å². The minimum Gasteiger partial charge on any atom is -0.303 e. The zero-order valence-corrected chi connectivity index (χ0v) is 13.3. The van der Waals surface area contributed by atoms with E-state index in [0.29, 0.717) is 6.04 Å². The second-order valence-corrected chi connectivity index (χ2v) is 5.87. The van der Waals surface area contributed by atoms with Crippen LogP contribution >= 0.6 is 15.9 Å². The standard InChI is InChI=1S/C17H19BrFN/c1-3-17(14-4-8-15(18)9-5-14)20-12(2)13-6-10-16(19)11-7-13/h4-12,17,20H,3H2,1-2H3/t12-,17?/m0/s1. The van der Waals surface area contributed by atoms with Crippen molar-refractivity contribution in [3.05, 3.63) is 69.9 Å². The van der Waals surface area contributed by atoms with Gasteiger partial charge in [0, 0.05) is 16.6 Å². The van der Waals surface area contributed by atoms with Gasteiger partial charge in [-0.1, -0.05) is 47.1 Å². The Morgan fingerprint density at radius 3 is 2.10 bits per heavy atom. The molecule has 0 radical (unpaired) electrons. The first kappa shape index (κ1) is 15.2. The van der Waals surface area contributed by atoms with Crippen molar-refractivity contribution in [2.75, 3.05) is 0 Å². The van der Waals surface area contributed by atoms with Gasteiger partial charge in [-0.2, -0.15) is 0 Å². The van der Waals surface area contributed by atoms with Gasteiger partial charge >= 0.3 is 0 Å². The Balaban J connectivity index is 2.09. The van der Waals surface area contributed by atoms with Crippen LogP contribution in [0.4, 0.5) is 4.39 Å². The van der Waals surface area contributed by atoms with E-state index in [4.69, 9.17) is 0 Å². The maximum atomic E-state index is 13.0. The van der Waals surface area contributed by atoms with Gasteiger partial charge in [-0.05, 0) is 48.7 Å². The van der Waals surface area contributed by atoms with Crippen LogP contribution in [-0.4, -0.2) is 0 Å². The molecule has 0 aliphatic heterocycles. The largest absolute Gasteiger partial charge is 0.303 e. The summed E-state index contributed by atoms with van der Waals surface area (Å²) in [5.41, 5.74) is 2.37. The lowest BCUT2D eigenvalue weighted by Gasteiger charge is -2.23. The quantitative estimate of drug-likeness (QED) is 0.772. The van der Waals surface area contributed by atoms with Gasteiger partial charge in [0.1, 0.15) is 5.82 Å². The average Bonchev–Trinajstić information content (AvgIpc) is 2.46. The highest BCUT2D eigenvalue weighted by molar-refractivity contribution is 9.10. The highest BCUT2D eigenvalue weighted by atomic mass is 79.9. The molecule has 2 aromatic carbocycles. The number of nitrogens with one attached hydrogen (secondary N) is 1. The van der Waals surface area contributed by atoms with E-state index in [-0.39, 0.29) is 11.9 Å². The first-order chi connectivity index (χ1) is 9.60. The molecule has 0 heterocycles. The van der Waals surface area contributed by atoms with Crippen LogP contribution in [0.1, 0.15) is 43.5 Å². The van der Waals surface area contributed by atoms with E-state index in [2.05, 4.69) is 59.4 Å². The molecule has 2 atom stereocenters. The van der Waals surface area contributed by atoms with Crippen molar-refractivity contribution >= 4 is 15.9 Å². The van der Waals surface area contributed by atoms with Crippen molar-refractivity contribution in [3.8, 4) is 0 Å². The molecule has 0 aliphatic carbocycles. The highest BCUT2D eigenvalue weighted by Gasteiger charge is 2.13. The van der Waals surface area contributed by atoms with E-state index in [0.717, 1.165) is 16.5 Å². The van der Waals surface area contributed by atoms with Gasteiger partial charge < -0.3 is 5.32 Å². The third kappa shape index (κ3) is 3.90. The van der Waals surface area contributed by atoms with Gasteiger partial charge in [-0.15, -0.1) is 0 Å². The van der Waals surface area contributed by atoms with Gasteiger partial charge in [0.2, 0.25) is 0 Å². The zero-order chi connectivity index (χ0) is 14.5. The Bertz CT molecular complexity index is 536. The molecular weight excluding hydrogens is 317 g/mol. The van der Waals surface area contributed by atoms with Crippen molar-refractivity contribution in [1.29, 1.82) is 0 Å². The molecule has 0 fully saturated rings. The van der Waals surface area contributed by atoms with Crippen LogP contribution in [0.25, 0.3) is 0 Å². The minimum atomic E-state index is -0.194. The molecule has 2 aromatic rings. The third-order valence-corrected chi connectivity index (χ3v) is 4.03. The third-order valence-electron chi connectivity index (χ3n) is 3.50. The van der Waals surface area contributed by atoms with Crippen LogP contribution in [0, 0.1) is 5.82 Å². The van der Waals surface area contributed by atoms with Gasteiger partial charge in [-0.3, -0.25) is 0 Å². The number of hydrogen-bond acceptors (Lipinski definition) is 1. The van der Waals surface area contributed by atoms with Crippen molar-refractivity contribution in [2.45, 2.75) is 32.4 Å². The SMILES string of the molecule is CCC(N[C@@H](C)c1ccc(F)cc1)c1ccc(Br)cc1. The molecule has 20 heavy (non-hydrogen) atoms. The van der Waals surface area contributed by atoms with Gasteiger partial charge in [0.05, 0.1) is 0 Å². The molecule has 3 heteroatoms. The molecule has 0 bridgehead atoms. The predicted octanol–water partition coefficient (Wildman–Crippen LogP) is 5.39. The first-order valence-electron chi connectivity index (χ1n) is 6.87. The molecule has 0 spiro atoms. The van der Waals surface area contributed by atoms with Crippen LogP contribution in [-0.2, 0) is 0 Å². The van der Waals surface area contributed by atoms with Crippen LogP contribution in [0.2, 0.25) is 0 Å². The number of rotatable bonds is 5. The zero-order valence-electron chi connectivity index (χ0n) is 11.7. The lowest BCUT2D eigenvalue weighted by atomic mass is 10.0. The molecule has 1 nitrogen and oxygen atoms in total. The molecule has 0 saturated carbocycles. The van der Waals surface area contributed by atoms with Crippen molar-refractivity contribution in [1.82, 2.24) is 5.32 Å². The summed E-state index contributed by atoms with van der Waals surface area (Å²) in [5.74, 6) is -0.194. The first-order valence-corrected chi connectivity index (χ1v) is 7.66. The average molecular weight is 336 g/mol. The fraction of sp³-hybridized carbons (Fsp3) is 0.294. The molecule has 0 amide bonds. The maximum absolute atomic E-state index is 13.0. The molecule has 1 unspecified atom stereocenters. The Morgan fingerprint density at radius 1 is 1.00 bits per heavy atom. The Hall–Kier alpha value is -1.19. The minimum absolute atomic E-state index is 0.184. The summed E-state index contributed by atoms with van der Waals surface area (Å²) in [7, 11) is 0. The topological polar surface area (TPSA) is 12.0 Å². The molecule has 0 aromatic heterocycles. The summed E-state index contributed by atoms with van der Waals surface area (Å²) >= 11 is 3.45. The fourth-order valence-electron chi connectivity index (χ4n) is 2.29. The molecule has 0 saturated heterocycles. The molecular formula is C17H19BrFN. The monoisotopic (exact) mass is 335 g/mol. The van der Waals surface area contributed by atoms with E-state index in [1.165, 1.54) is 17.7 Å². The fourth-order valence-corrected chi connectivity index (χ4v) is 2.56. The van der Waals surface area contributed by atoms with Gasteiger partial charge in [0.25, 0.3) is 0 Å². The number of halogens is 2. The van der Waals surface area contributed by atoms with E-state index >= 15 is 0 Å². The second-order valence-electron chi connectivity index (χ2n) is 4.95. The summed E-state index contributed by atoms with van der Waals surface area (Å²) < 4.78 is 14.0. The highest BCUT2D eigenvalue weighted by Crippen LogP contribution is 2.23. The summed E-state index contributed by atoms with van der Waals surface area (Å²) in [5, 5.41) is 3.60. The lowest BCUT2D eigenvalue weighted by molar-refractivity contribution is 0.456. The molecule has 2 rings (SSSR count). The second kappa shape index (κ2) is 7.00. The summed E-state index contributed by atoms with van der Waals surface area (Å²) in [6.07, 6.45) is 1.01. The number of hydrogen-bond donors (Lipinski definition) is 1. The number of benzene rings is 2. The lowest BCUT2D eigenvalue weighted by Crippen LogP contribution is -2.24. The Morgan fingerprint density at radius 2 is 1.55 bits per heavy atom. The summed E-state index contributed by atoms with van der Waals surface area (Å²) in [6, 6.07) is 15.5. The van der Waals surface area contributed by atoms with Crippen LogP contribution in [0.15, 0.2) is 53.0 Å². The van der Waals surface area contributed by atoms with E-state index < -0.39 is 0 Å². The Labute approximate surface area is 128 Å². The smallest absolute Gasteiger partial charge is 0.123 e. The van der Waals surface area contributed by atoms with Crippen molar-refractivity contribution < 1.29 is 4.39 Å². The van der Waals surface area contributed by atoms with Gasteiger partial charge in [-0.25, -0.2) is 4.39 Å². The van der Waals surface area contributed by atoms with Gasteiger partial charge in [0.15, 0.2) is 0 Å². The van der Waals surface area contributed by atoms with Crippen LogP contribution in [0.5, 0.6) is 0 Å². The predicted molar refractivity (Wildman–Crippen MR) is 85.1 cm³/mol. The van der Waals surface area contributed by atoms with Crippen LogP contribution < -0.4 is 5.32 Å². The summed E-state index contributed by atoms with van der Waals surface area (Å²) in [6.45, 7) is 4.27. The van der Waals surface area contributed by atoms with Crippen molar-refractivity contribution in [2.24, 2.45) is 0 Å². The molecule has 1 N–H and O–H groups in total. The van der Waals surface area contributed by atoms with E-state index in [1.54, 1.807) is 0 Å². The Kier molecular flexibility index (Phi) is 5.32. The summed E-state index contributed by atoms with van der Waals surface area (Å²) in [4.78, 5) is 0. The molecule has 106 valence electrons. The molecule has 0 aliphatic rings. The van der Waals surface area contributed by atoms with Crippen molar-refractivity contribution in [3.63, 3.8) is 0 Å². The van der Waals surface area contributed by atoms with Crippen LogP contribution in [0.3, 0.4) is 0 Å². The normalized spacial score (nSPS) is 14.0. The van der Waals surface area contributed by atoms with E-state index in [9.17, 15) is 4.39 Å². The maximum Gasteiger partial charge on any atom is 0.123 e.